The van der Waals surface area contributed by atoms with Crippen LogP contribution in [0.4, 0.5) is 4.39 Å². The van der Waals surface area contributed by atoms with Gasteiger partial charge in [0.05, 0.1) is 12.0 Å². The first-order valence-corrected chi connectivity index (χ1v) is 4.34. The van der Waals surface area contributed by atoms with Crippen molar-refractivity contribution in [3.8, 4) is 0 Å². The maximum atomic E-state index is 13.6. The minimum atomic E-state index is -1.76. The Labute approximate surface area is 93.9 Å². The summed E-state index contributed by atoms with van der Waals surface area (Å²) in [5, 5.41) is 25.8. The summed E-state index contributed by atoms with van der Waals surface area (Å²) in [4.78, 5) is 31.8. The zero-order valence-corrected chi connectivity index (χ0v) is 8.31. The smallest absolute Gasteiger partial charge is 0.339 e. The summed E-state index contributed by atoms with van der Waals surface area (Å²) in [5.41, 5.74) is -2.12. The Morgan fingerprint density at radius 2 is 1.65 bits per heavy atom. The zero-order valence-electron chi connectivity index (χ0n) is 8.31. The van der Waals surface area contributed by atoms with Crippen molar-refractivity contribution in [1.82, 2.24) is 0 Å². The molecule has 0 saturated heterocycles. The summed E-state index contributed by atoms with van der Waals surface area (Å²) in [7, 11) is 0. The van der Waals surface area contributed by atoms with E-state index < -0.39 is 41.3 Å². The molecule has 0 aromatic heterocycles. The maximum Gasteiger partial charge on any atom is 0.339 e. The first-order valence-electron chi connectivity index (χ1n) is 4.34. The average molecular weight is 242 g/mol. The number of carbonyl (C=O) groups is 3. The highest BCUT2D eigenvalue weighted by Crippen LogP contribution is 2.19. The van der Waals surface area contributed by atoms with Gasteiger partial charge in [-0.2, -0.15) is 0 Å². The highest BCUT2D eigenvalue weighted by atomic mass is 19.1. The molecule has 0 saturated carbocycles. The lowest BCUT2D eigenvalue weighted by atomic mass is 10.0. The third kappa shape index (κ3) is 2.57. The summed E-state index contributed by atoms with van der Waals surface area (Å²) < 4.78 is 13.6. The molecular weight excluding hydrogens is 235 g/mol. The van der Waals surface area contributed by atoms with Gasteiger partial charge in [0.15, 0.2) is 0 Å². The van der Waals surface area contributed by atoms with Gasteiger partial charge in [-0.15, -0.1) is 0 Å². The highest BCUT2D eigenvalue weighted by molar-refractivity contribution is 6.02. The molecule has 0 bridgehead atoms. The van der Waals surface area contributed by atoms with E-state index in [1.807, 2.05) is 0 Å². The van der Waals surface area contributed by atoms with Crippen LogP contribution in [-0.2, 0) is 11.2 Å². The molecule has 1 aromatic carbocycles. The van der Waals surface area contributed by atoms with Crippen LogP contribution in [0.5, 0.6) is 0 Å². The summed E-state index contributed by atoms with van der Waals surface area (Å²) in [6.07, 6.45) is -0.716. The molecule has 1 rings (SSSR count). The van der Waals surface area contributed by atoms with E-state index in [-0.39, 0.29) is 5.56 Å². The predicted octanol–water partition coefficient (Wildman–Crippen LogP) is 0.849. The summed E-state index contributed by atoms with van der Waals surface area (Å²) >= 11 is 0. The normalized spacial score (nSPS) is 9.94. The van der Waals surface area contributed by atoms with Gasteiger partial charge in [0.25, 0.3) is 0 Å². The molecule has 6 nitrogen and oxygen atoms in total. The molecule has 3 N–H and O–H groups in total. The average Bonchev–Trinajstić information content (AvgIpc) is 2.19. The van der Waals surface area contributed by atoms with Gasteiger partial charge in [-0.3, -0.25) is 4.79 Å². The molecule has 17 heavy (non-hydrogen) atoms. The Kier molecular flexibility index (Phi) is 3.42. The summed E-state index contributed by atoms with van der Waals surface area (Å²) in [6.45, 7) is 0. The van der Waals surface area contributed by atoms with E-state index in [4.69, 9.17) is 15.3 Å². The second-order valence-corrected chi connectivity index (χ2v) is 3.14. The molecule has 0 fully saturated rings. The summed E-state index contributed by atoms with van der Waals surface area (Å²) in [5.74, 6) is -6.03. The van der Waals surface area contributed by atoms with E-state index in [9.17, 15) is 18.8 Å². The molecule has 0 radical (unpaired) electrons. The molecule has 0 aliphatic heterocycles. The van der Waals surface area contributed by atoms with E-state index in [1.165, 1.54) is 0 Å². The molecule has 0 spiro atoms. The monoisotopic (exact) mass is 242 g/mol. The third-order valence-electron chi connectivity index (χ3n) is 2.01. The number of rotatable bonds is 4. The molecule has 0 atom stereocenters. The first-order chi connectivity index (χ1) is 7.84. The Morgan fingerprint density at radius 3 is 2.06 bits per heavy atom. The van der Waals surface area contributed by atoms with Crippen LogP contribution < -0.4 is 0 Å². The number of aliphatic carboxylic acids is 1. The fourth-order valence-electron chi connectivity index (χ4n) is 1.31. The number of benzene rings is 1. The van der Waals surface area contributed by atoms with Crippen molar-refractivity contribution in [2.45, 2.75) is 6.42 Å². The van der Waals surface area contributed by atoms with Gasteiger partial charge in [0.1, 0.15) is 11.4 Å². The van der Waals surface area contributed by atoms with Crippen LogP contribution in [0.1, 0.15) is 26.3 Å². The Bertz CT molecular complexity index is 508. The van der Waals surface area contributed by atoms with Crippen LogP contribution in [-0.4, -0.2) is 33.2 Å². The van der Waals surface area contributed by atoms with Crippen LogP contribution >= 0.6 is 0 Å². The van der Waals surface area contributed by atoms with Crippen molar-refractivity contribution < 1.29 is 34.1 Å². The number of carboxylic acids is 3. The van der Waals surface area contributed by atoms with Crippen LogP contribution in [0.3, 0.4) is 0 Å². The van der Waals surface area contributed by atoms with Gasteiger partial charge in [0, 0.05) is 0 Å². The Morgan fingerprint density at radius 1 is 1.06 bits per heavy atom. The molecular formula is C10H7FO6. The zero-order chi connectivity index (χ0) is 13.2. The fraction of sp³-hybridized carbons (Fsp3) is 0.100. The lowest BCUT2D eigenvalue weighted by Crippen LogP contribution is -2.14. The molecule has 0 aliphatic rings. The van der Waals surface area contributed by atoms with Gasteiger partial charge in [0.2, 0.25) is 0 Å². The van der Waals surface area contributed by atoms with Crippen LogP contribution in [0.25, 0.3) is 0 Å². The lowest BCUT2D eigenvalue weighted by Gasteiger charge is -2.06. The first kappa shape index (κ1) is 12.6. The van der Waals surface area contributed by atoms with Crippen molar-refractivity contribution >= 4 is 17.9 Å². The minimum Gasteiger partial charge on any atom is -0.481 e. The Balaban J connectivity index is 3.43. The molecule has 90 valence electrons. The molecule has 0 heterocycles. The lowest BCUT2D eigenvalue weighted by molar-refractivity contribution is -0.136. The van der Waals surface area contributed by atoms with Crippen molar-refractivity contribution in [3.63, 3.8) is 0 Å². The molecule has 0 amide bonds. The third-order valence-corrected chi connectivity index (χ3v) is 2.01. The predicted molar refractivity (Wildman–Crippen MR) is 51.7 cm³/mol. The van der Waals surface area contributed by atoms with Crippen LogP contribution in [0.2, 0.25) is 0 Å². The number of halogens is 1. The highest BCUT2D eigenvalue weighted by Gasteiger charge is 2.23. The van der Waals surface area contributed by atoms with Crippen molar-refractivity contribution in [2.75, 3.05) is 0 Å². The molecule has 0 unspecified atom stereocenters. The number of carboxylic acid groups (broad SMARTS) is 3. The fourth-order valence-corrected chi connectivity index (χ4v) is 1.31. The van der Waals surface area contributed by atoms with Gasteiger partial charge in [-0.05, 0) is 11.6 Å². The van der Waals surface area contributed by atoms with Gasteiger partial charge >= 0.3 is 17.9 Å². The van der Waals surface area contributed by atoms with Crippen molar-refractivity contribution in [1.29, 1.82) is 0 Å². The SMILES string of the molecule is O=C(O)Cc1ccc(C(=O)O)c(C(=O)O)c1F. The van der Waals surface area contributed by atoms with Crippen molar-refractivity contribution in [3.05, 3.63) is 34.6 Å². The van der Waals surface area contributed by atoms with E-state index in [0.717, 1.165) is 12.1 Å². The second kappa shape index (κ2) is 4.60. The van der Waals surface area contributed by atoms with E-state index in [0.29, 0.717) is 0 Å². The second-order valence-electron chi connectivity index (χ2n) is 3.14. The van der Waals surface area contributed by atoms with Gasteiger partial charge in [-0.1, -0.05) is 6.07 Å². The number of hydrogen-bond donors (Lipinski definition) is 3. The van der Waals surface area contributed by atoms with Gasteiger partial charge in [-0.25, -0.2) is 14.0 Å². The number of hydrogen-bond acceptors (Lipinski definition) is 3. The molecule has 7 heteroatoms. The van der Waals surface area contributed by atoms with E-state index in [1.54, 1.807) is 0 Å². The standard InChI is InChI=1S/C10H7FO6/c11-8-4(3-6(12)13)1-2-5(9(14)15)7(8)10(16)17/h1-2H,3H2,(H,12,13)(H,14,15)(H,16,17). The quantitative estimate of drug-likeness (QED) is 0.721. The van der Waals surface area contributed by atoms with E-state index in [2.05, 4.69) is 0 Å². The Hall–Kier alpha value is -2.44. The van der Waals surface area contributed by atoms with Gasteiger partial charge < -0.3 is 15.3 Å². The van der Waals surface area contributed by atoms with Crippen molar-refractivity contribution in [2.24, 2.45) is 0 Å². The topological polar surface area (TPSA) is 112 Å². The van der Waals surface area contributed by atoms with Crippen LogP contribution in [0, 0.1) is 5.82 Å². The molecule has 0 aliphatic carbocycles. The maximum absolute atomic E-state index is 13.6. The largest absolute Gasteiger partial charge is 0.481 e. The van der Waals surface area contributed by atoms with Crippen LogP contribution in [0.15, 0.2) is 12.1 Å². The minimum absolute atomic E-state index is 0.375. The number of aromatic carboxylic acids is 2. The summed E-state index contributed by atoms with van der Waals surface area (Å²) in [6, 6.07) is 1.81. The molecule has 1 aromatic rings. The van der Waals surface area contributed by atoms with E-state index >= 15 is 0 Å².